The van der Waals surface area contributed by atoms with Crippen LogP contribution < -0.4 is 10.2 Å². The molecule has 3 rings (SSSR count). The zero-order valence-corrected chi connectivity index (χ0v) is 12.1. The second-order valence-electron chi connectivity index (χ2n) is 5.98. The molecule has 0 radical (unpaired) electrons. The van der Waals surface area contributed by atoms with Crippen molar-refractivity contribution in [3.05, 3.63) is 29.3 Å². The second kappa shape index (κ2) is 5.19. The van der Waals surface area contributed by atoms with Gasteiger partial charge in [0.2, 0.25) is 5.91 Å². The molecule has 1 aromatic rings. The molecular formula is C16H22N2O2. The lowest BCUT2D eigenvalue weighted by Gasteiger charge is -2.22. The highest BCUT2D eigenvalue weighted by molar-refractivity contribution is 5.94. The first-order chi connectivity index (χ1) is 9.58. The number of anilines is 1. The largest absolute Gasteiger partial charge is 0.387 e. The average molecular weight is 274 g/mol. The molecule has 0 spiro atoms. The standard InChI is InChI=1S/C16H22N2O2/c1-10-8-13-9-12(16(20)14-4-3-7-17-14)5-6-15(13)18(10)11(2)19/h5-6,9-10,14,16-17,20H,3-4,7-8H2,1-2H3. The summed E-state index contributed by atoms with van der Waals surface area (Å²) in [5.41, 5.74) is 3.13. The van der Waals surface area contributed by atoms with Crippen LogP contribution in [0.2, 0.25) is 0 Å². The molecule has 108 valence electrons. The summed E-state index contributed by atoms with van der Waals surface area (Å²) in [6.45, 7) is 4.66. The predicted molar refractivity (Wildman–Crippen MR) is 78.8 cm³/mol. The van der Waals surface area contributed by atoms with Crippen LogP contribution in [0.15, 0.2) is 18.2 Å². The Labute approximate surface area is 119 Å². The van der Waals surface area contributed by atoms with E-state index in [2.05, 4.69) is 18.3 Å². The van der Waals surface area contributed by atoms with E-state index in [-0.39, 0.29) is 18.0 Å². The number of rotatable bonds is 2. The van der Waals surface area contributed by atoms with Crippen LogP contribution in [-0.2, 0) is 11.2 Å². The molecule has 3 unspecified atom stereocenters. The molecule has 0 aliphatic carbocycles. The fraction of sp³-hybridized carbons (Fsp3) is 0.562. The number of carbonyl (C=O) groups excluding carboxylic acids is 1. The fourth-order valence-corrected chi connectivity index (χ4v) is 3.53. The van der Waals surface area contributed by atoms with Gasteiger partial charge in [-0.3, -0.25) is 4.79 Å². The van der Waals surface area contributed by atoms with Gasteiger partial charge in [0, 0.05) is 24.7 Å². The van der Waals surface area contributed by atoms with Crippen LogP contribution in [-0.4, -0.2) is 29.6 Å². The van der Waals surface area contributed by atoms with E-state index >= 15 is 0 Å². The topological polar surface area (TPSA) is 52.6 Å². The normalized spacial score (nSPS) is 26.6. The molecular weight excluding hydrogens is 252 g/mol. The second-order valence-corrected chi connectivity index (χ2v) is 5.98. The Kier molecular flexibility index (Phi) is 3.52. The molecule has 0 aromatic heterocycles. The highest BCUT2D eigenvalue weighted by atomic mass is 16.3. The minimum atomic E-state index is -0.454. The number of amides is 1. The van der Waals surface area contributed by atoms with Gasteiger partial charge >= 0.3 is 0 Å². The van der Waals surface area contributed by atoms with E-state index in [0.717, 1.165) is 37.1 Å². The maximum atomic E-state index is 11.7. The number of carbonyl (C=O) groups is 1. The average Bonchev–Trinajstić information content (AvgIpc) is 3.02. The van der Waals surface area contributed by atoms with Crippen LogP contribution in [0.3, 0.4) is 0 Å². The van der Waals surface area contributed by atoms with Crippen molar-refractivity contribution >= 4 is 11.6 Å². The van der Waals surface area contributed by atoms with Crippen molar-refractivity contribution in [3.63, 3.8) is 0 Å². The molecule has 4 nitrogen and oxygen atoms in total. The molecule has 1 aromatic carbocycles. The summed E-state index contributed by atoms with van der Waals surface area (Å²) in [5, 5.41) is 13.8. The third-order valence-corrected chi connectivity index (χ3v) is 4.48. The van der Waals surface area contributed by atoms with Crippen LogP contribution >= 0.6 is 0 Å². The van der Waals surface area contributed by atoms with Gasteiger partial charge in [-0.15, -0.1) is 0 Å². The van der Waals surface area contributed by atoms with E-state index in [1.54, 1.807) is 6.92 Å². The molecule has 0 bridgehead atoms. The van der Waals surface area contributed by atoms with Crippen LogP contribution in [0.4, 0.5) is 5.69 Å². The molecule has 2 aliphatic rings. The predicted octanol–water partition coefficient (Wildman–Crippen LogP) is 1.77. The van der Waals surface area contributed by atoms with Crippen LogP contribution in [0.5, 0.6) is 0 Å². The first-order valence-electron chi connectivity index (χ1n) is 7.42. The SMILES string of the molecule is CC(=O)N1c2ccc(C(O)C3CCCN3)cc2CC1C. The van der Waals surface area contributed by atoms with E-state index in [9.17, 15) is 9.90 Å². The lowest BCUT2D eigenvalue weighted by Crippen LogP contribution is -2.33. The molecule has 1 saturated heterocycles. The Morgan fingerprint density at radius 3 is 2.95 bits per heavy atom. The Morgan fingerprint density at radius 1 is 1.50 bits per heavy atom. The number of benzene rings is 1. The summed E-state index contributed by atoms with van der Waals surface area (Å²) < 4.78 is 0. The van der Waals surface area contributed by atoms with Gasteiger partial charge in [-0.05, 0) is 49.9 Å². The number of aliphatic hydroxyl groups excluding tert-OH is 1. The highest BCUT2D eigenvalue weighted by Crippen LogP contribution is 2.35. The third-order valence-electron chi connectivity index (χ3n) is 4.48. The van der Waals surface area contributed by atoms with E-state index in [4.69, 9.17) is 0 Å². The fourth-order valence-electron chi connectivity index (χ4n) is 3.53. The number of fused-ring (bicyclic) bond motifs is 1. The van der Waals surface area contributed by atoms with Crippen molar-refractivity contribution in [1.29, 1.82) is 0 Å². The van der Waals surface area contributed by atoms with Gasteiger partial charge in [0.05, 0.1) is 6.10 Å². The van der Waals surface area contributed by atoms with Gasteiger partial charge in [0.1, 0.15) is 0 Å². The number of nitrogens with one attached hydrogen (secondary N) is 1. The van der Waals surface area contributed by atoms with E-state index in [1.165, 1.54) is 5.56 Å². The minimum absolute atomic E-state index is 0.0852. The number of hydrogen-bond acceptors (Lipinski definition) is 3. The summed E-state index contributed by atoms with van der Waals surface area (Å²) in [6.07, 6.45) is 2.56. The van der Waals surface area contributed by atoms with E-state index in [1.807, 2.05) is 17.0 Å². The van der Waals surface area contributed by atoms with Crippen LogP contribution in [0.25, 0.3) is 0 Å². The molecule has 2 N–H and O–H groups in total. The van der Waals surface area contributed by atoms with Gasteiger partial charge in [0.25, 0.3) is 0 Å². The van der Waals surface area contributed by atoms with E-state index in [0.29, 0.717) is 0 Å². The van der Waals surface area contributed by atoms with Crippen molar-refractivity contribution in [2.75, 3.05) is 11.4 Å². The van der Waals surface area contributed by atoms with Crippen LogP contribution in [0, 0.1) is 0 Å². The Morgan fingerprint density at radius 2 is 2.30 bits per heavy atom. The van der Waals surface area contributed by atoms with Crippen molar-refractivity contribution < 1.29 is 9.90 Å². The molecule has 1 fully saturated rings. The van der Waals surface area contributed by atoms with Gasteiger partial charge in [-0.25, -0.2) is 0 Å². The summed E-state index contributed by atoms with van der Waals surface area (Å²) in [4.78, 5) is 13.6. The van der Waals surface area contributed by atoms with Gasteiger partial charge in [-0.2, -0.15) is 0 Å². The molecule has 3 atom stereocenters. The number of nitrogens with zero attached hydrogens (tertiary/aromatic N) is 1. The monoisotopic (exact) mass is 274 g/mol. The first-order valence-corrected chi connectivity index (χ1v) is 7.42. The molecule has 1 amide bonds. The maximum Gasteiger partial charge on any atom is 0.224 e. The highest BCUT2D eigenvalue weighted by Gasteiger charge is 2.30. The lowest BCUT2D eigenvalue weighted by atomic mass is 9.98. The van der Waals surface area contributed by atoms with Crippen molar-refractivity contribution in [2.45, 2.75) is 51.3 Å². The summed E-state index contributed by atoms with van der Waals surface area (Å²) >= 11 is 0. The van der Waals surface area contributed by atoms with Crippen molar-refractivity contribution in [2.24, 2.45) is 0 Å². The molecule has 20 heavy (non-hydrogen) atoms. The maximum absolute atomic E-state index is 11.7. The number of aliphatic hydroxyl groups is 1. The molecule has 2 aliphatic heterocycles. The Hall–Kier alpha value is -1.39. The van der Waals surface area contributed by atoms with Crippen molar-refractivity contribution in [3.8, 4) is 0 Å². The summed E-state index contributed by atoms with van der Waals surface area (Å²) in [5.74, 6) is 0.0852. The van der Waals surface area contributed by atoms with Gasteiger partial charge in [-0.1, -0.05) is 12.1 Å². The lowest BCUT2D eigenvalue weighted by molar-refractivity contribution is -0.116. The Bertz CT molecular complexity index is 523. The Balaban J connectivity index is 1.87. The van der Waals surface area contributed by atoms with Gasteiger partial charge in [0.15, 0.2) is 0 Å². The van der Waals surface area contributed by atoms with E-state index < -0.39 is 6.10 Å². The van der Waals surface area contributed by atoms with Crippen molar-refractivity contribution in [1.82, 2.24) is 5.32 Å². The molecule has 4 heteroatoms. The van der Waals surface area contributed by atoms with Gasteiger partial charge < -0.3 is 15.3 Å². The molecule has 0 saturated carbocycles. The zero-order chi connectivity index (χ0) is 14.3. The summed E-state index contributed by atoms with van der Waals surface area (Å²) in [6, 6.07) is 6.38. The summed E-state index contributed by atoms with van der Waals surface area (Å²) in [7, 11) is 0. The smallest absolute Gasteiger partial charge is 0.224 e. The van der Waals surface area contributed by atoms with Crippen LogP contribution in [0.1, 0.15) is 43.9 Å². The molecule has 2 heterocycles. The third kappa shape index (κ3) is 2.23. The first kappa shape index (κ1) is 13.6. The zero-order valence-electron chi connectivity index (χ0n) is 12.1. The quantitative estimate of drug-likeness (QED) is 0.864. The number of hydrogen-bond donors (Lipinski definition) is 2. The minimum Gasteiger partial charge on any atom is -0.387 e.